The van der Waals surface area contributed by atoms with Crippen molar-refractivity contribution in [2.75, 3.05) is 13.1 Å². The van der Waals surface area contributed by atoms with Gasteiger partial charge in [-0.3, -0.25) is 14.4 Å². The highest BCUT2D eigenvalue weighted by molar-refractivity contribution is 5.89. The molecule has 0 bridgehead atoms. The summed E-state index contributed by atoms with van der Waals surface area (Å²) in [6.07, 6.45) is 1.72. The highest BCUT2D eigenvalue weighted by Crippen LogP contribution is 2.29. The van der Waals surface area contributed by atoms with E-state index in [-0.39, 0.29) is 13.0 Å². The Labute approximate surface area is 98.7 Å². The van der Waals surface area contributed by atoms with Crippen LogP contribution in [0.5, 0.6) is 0 Å². The van der Waals surface area contributed by atoms with Crippen LogP contribution in [0.15, 0.2) is 0 Å². The molecule has 1 atom stereocenters. The van der Waals surface area contributed by atoms with E-state index in [0.717, 1.165) is 12.8 Å². The van der Waals surface area contributed by atoms with Crippen molar-refractivity contribution in [2.45, 2.75) is 25.3 Å². The van der Waals surface area contributed by atoms with Crippen molar-refractivity contribution in [1.82, 2.24) is 4.90 Å². The Morgan fingerprint density at radius 2 is 1.94 bits per heavy atom. The van der Waals surface area contributed by atoms with Crippen LogP contribution in [0, 0.1) is 5.92 Å². The zero-order valence-electron chi connectivity index (χ0n) is 9.46. The first-order valence-corrected chi connectivity index (χ1v) is 5.44. The highest BCUT2D eigenvalue weighted by atomic mass is 16.4. The van der Waals surface area contributed by atoms with E-state index in [1.165, 1.54) is 4.90 Å². The van der Waals surface area contributed by atoms with Crippen molar-refractivity contribution in [3.63, 3.8) is 0 Å². The molecule has 1 fully saturated rings. The first-order valence-electron chi connectivity index (χ1n) is 5.44. The van der Waals surface area contributed by atoms with E-state index in [4.69, 9.17) is 16.6 Å². The number of carboxylic acids is 1. The van der Waals surface area contributed by atoms with Gasteiger partial charge in [0, 0.05) is 6.54 Å². The standard InChI is InChI=1S/C10H17N3O4/c11-7(3-8(12)14)10(17)13(5-9(15)16)4-6-1-2-6/h6-7H,1-5,11H2,(H2,12,14)(H,15,16). The van der Waals surface area contributed by atoms with Crippen molar-refractivity contribution in [3.05, 3.63) is 0 Å². The minimum Gasteiger partial charge on any atom is -0.480 e. The van der Waals surface area contributed by atoms with Gasteiger partial charge in [-0.2, -0.15) is 0 Å². The topological polar surface area (TPSA) is 127 Å². The number of carbonyl (C=O) groups is 3. The number of primary amides is 1. The molecule has 96 valence electrons. The SMILES string of the molecule is NC(=O)CC(N)C(=O)N(CC(=O)O)CC1CC1. The van der Waals surface area contributed by atoms with Gasteiger partial charge >= 0.3 is 5.97 Å². The van der Waals surface area contributed by atoms with E-state index in [9.17, 15) is 14.4 Å². The van der Waals surface area contributed by atoms with Crippen LogP contribution in [0.3, 0.4) is 0 Å². The molecule has 0 aromatic carbocycles. The van der Waals surface area contributed by atoms with Crippen molar-refractivity contribution in [3.8, 4) is 0 Å². The second kappa shape index (κ2) is 5.62. The van der Waals surface area contributed by atoms with Crippen LogP contribution in [-0.4, -0.2) is 46.9 Å². The summed E-state index contributed by atoms with van der Waals surface area (Å²) in [6, 6.07) is -1.05. The summed E-state index contributed by atoms with van der Waals surface area (Å²) >= 11 is 0. The lowest BCUT2D eigenvalue weighted by molar-refractivity contribution is -0.145. The highest BCUT2D eigenvalue weighted by Gasteiger charge is 2.30. The molecular weight excluding hydrogens is 226 g/mol. The second-order valence-electron chi connectivity index (χ2n) is 4.33. The lowest BCUT2D eigenvalue weighted by Crippen LogP contribution is -2.48. The number of nitrogens with zero attached hydrogens (tertiary/aromatic N) is 1. The van der Waals surface area contributed by atoms with Gasteiger partial charge < -0.3 is 21.5 Å². The quantitative estimate of drug-likeness (QED) is 0.502. The number of rotatable bonds is 7. The molecule has 0 aliphatic heterocycles. The van der Waals surface area contributed by atoms with Crippen LogP contribution in [-0.2, 0) is 14.4 Å². The summed E-state index contributed by atoms with van der Waals surface area (Å²) in [5.74, 6) is -1.94. The van der Waals surface area contributed by atoms with Crippen LogP contribution in [0.4, 0.5) is 0 Å². The number of carboxylic acid groups (broad SMARTS) is 1. The zero-order chi connectivity index (χ0) is 13.0. The fourth-order valence-electron chi connectivity index (χ4n) is 1.55. The Balaban J connectivity index is 2.56. The molecule has 7 heteroatoms. The van der Waals surface area contributed by atoms with Gasteiger partial charge in [0.2, 0.25) is 11.8 Å². The Kier molecular flexibility index (Phi) is 4.45. The van der Waals surface area contributed by atoms with E-state index >= 15 is 0 Å². The van der Waals surface area contributed by atoms with Crippen molar-refractivity contribution >= 4 is 17.8 Å². The molecule has 0 heterocycles. The molecule has 1 aliphatic rings. The van der Waals surface area contributed by atoms with Gasteiger partial charge in [-0.05, 0) is 18.8 Å². The summed E-state index contributed by atoms with van der Waals surface area (Å²) in [5, 5.41) is 8.70. The van der Waals surface area contributed by atoms with Crippen LogP contribution in [0.1, 0.15) is 19.3 Å². The van der Waals surface area contributed by atoms with Gasteiger partial charge in [0.15, 0.2) is 0 Å². The minimum absolute atomic E-state index is 0.264. The van der Waals surface area contributed by atoms with Crippen molar-refractivity contribution in [2.24, 2.45) is 17.4 Å². The maximum atomic E-state index is 11.8. The van der Waals surface area contributed by atoms with Crippen LogP contribution >= 0.6 is 0 Å². The Hall–Kier alpha value is -1.63. The largest absolute Gasteiger partial charge is 0.480 e. The summed E-state index contributed by atoms with van der Waals surface area (Å²) in [6.45, 7) is -0.000605. The number of amides is 2. The molecular formula is C10H17N3O4. The van der Waals surface area contributed by atoms with Gasteiger partial charge in [-0.1, -0.05) is 0 Å². The average Bonchev–Trinajstić information content (AvgIpc) is 2.97. The van der Waals surface area contributed by atoms with Gasteiger partial charge in [0.25, 0.3) is 0 Å². The third-order valence-electron chi connectivity index (χ3n) is 2.55. The van der Waals surface area contributed by atoms with E-state index in [1.807, 2.05) is 0 Å². The van der Waals surface area contributed by atoms with E-state index in [0.29, 0.717) is 12.5 Å². The molecule has 5 N–H and O–H groups in total. The smallest absolute Gasteiger partial charge is 0.323 e. The molecule has 17 heavy (non-hydrogen) atoms. The van der Waals surface area contributed by atoms with Gasteiger partial charge in [-0.25, -0.2) is 0 Å². The second-order valence-corrected chi connectivity index (χ2v) is 4.33. The first kappa shape index (κ1) is 13.4. The molecule has 0 spiro atoms. The third kappa shape index (κ3) is 4.81. The maximum absolute atomic E-state index is 11.8. The molecule has 2 amide bonds. The predicted molar refractivity (Wildman–Crippen MR) is 58.7 cm³/mol. The fraction of sp³-hybridized carbons (Fsp3) is 0.700. The monoisotopic (exact) mass is 243 g/mol. The predicted octanol–water partition coefficient (Wildman–Crippen LogP) is -1.49. The average molecular weight is 243 g/mol. The fourth-order valence-corrected chi connectivity index (χ4v) is 1.55. The molecule has 0 aromatic rings. The number of nitrogens with two attached hydrogens (primary N) is 2. The number of hydrogen-bond acceptors (Lipinski definition) is 4. The van der Waals surface area contributed by atoms with Crippen molar-refractivity contribution in [1.29, 1.82) is 0 Å². The van der Waals surface area contributed by atoms with Crippen LogP contribution in [0.2, 0.25) is 0 Å². The van der Waals surface area contributed by atoms with Crippen LogP contribution < -0.4 is 11.5 Å². The lowest BCUT2D eigenvalue weighted by atomic mass is 10.1. The molecule has 1 unspecified atom stereocenters. The number of carbonyl (C=O) groups excluding carboxylic acids is 2. The first-order chi connectivity index (χ1) is 7.90. The molecule has 0 aromatic heterocycles. The van der Waals surface area contributed by atoms with Gasteiger partial charge in [-0.15, -0.1) is 0 Å². The van der Waals surface area contributed by atoms with Crippen LogP contribution in [0.25, 0.3) is 0 Å². The number of aliphatic carboxylic acids is 1. The van der Waals surface area contributed by atoms with Gasteiger partial charge in [0.05, 0.1) is 12.5 Å². The zero-order valence-corrected chi connectivity index (χ0v) is 9.46. The third-order valence-corrected chi connectivity index (χ3v) is 2.55. The Bertz CT molecular complexity index is 328. The summed E-state index contributed by atoms with van der Waals surface area (Å²) in [4.78, 5) is 34.3. The van der Waals surface area contributed by atoms with E-state index in [2.05, 4.69) is 0 Å². The van der Waals surface area contributed by atoms with E-state index in [1.54, 1.807) is 0 Å². The maximum Gasteiger partial charge on any atom is 0.323 e. The Morgan fingerprint density at radius 1 is 1.35 bits per heavy atom. The molecule has 1 rings (SSSR count). The molecule has 0 radical (unpaired) electrons. The molecule has 1 aliphatic carbocycles. The van der Waals surface area contributed by atoms with Gasteiger partial charge in [0.1, 0.15) is 6.54 Å². The van der Waals surface area contributed by atoms with Crippen molar-refractivity contribution < 1.29 is 19.5 Å². The number of hydrogen-bond donors (Lipinski definition) is 3. The lowest BCUT2D eigenvalue weighted by Gasteiger charge is -2.23. The summed E-state index contributed by atoms with van der Waals surface area (Å²) in [7, 11) is 0. The van der Waals surface area contributed by atoms with E-state index < -0.39 is 23.8 Å². The normalized spacial score (nSPS) is 16.3. The molecule has 1 saturated carbocycles. The summed E-state index contributed by atoms with van der Waals surface area (Å²) in [5.41, 5.74) is 10.4. The Morgan fingerprint density at radius 3 is 2.35 bits per heavy atom. The summed E-state index contributed by atoms with van der Waals surface area (Å²) < 4.78 is 0. The molecule has 0 saturated heterocycles. The minimum atomic E-state index is -1.09. The molecule has 7 nitrogen and oxygen atoms in total.